The Balaban J connectivity index is 0.00000338. The van der Waals surface area contributed by atoms with E-state index in [1.807, 2.05) is 24.3 Å². The normalized spacial score (nSPS) is 16.2. The van der Waals surface area contributed by atoms with Crippen LogP contribution in [0.4, 0.5) is 0 Å². The fourth-order valence-electron chi connectivity index (χ4n) is 2.86. The molecule has 1 aliphatic heterocycles. The van der Waals surface area contributed by atoms with Gasteiger partial charge in [0.05, 0.1) is 13.2 Å². The Labute approximate surface area is 175 Å². The van der Waals surface area contributed by atoms with Gasteiger partial charge >= 0.3 is 0 Å². The van der Waals surface area contributed by atoms with E-state index < -0.39 is 0 Å². The summed E-state index contributed by atoms with van der Waals surface area (Å²) in [6.07, 6.45) is 0.436. The third-order valence-corrected chi connectivity index (χ3v) is 4.44. The molecule has 0 spiro atoms. The van der Waals surface area contributed by atoms with Crippen LogP contribution in [0.1, 0.15) is 25.8 Å². The van der Waals surface area contributed by atoms with Gasteiger partial charge in [0, 0.05) is 37.7 Å². The van der Waals surface area contributed by atoms with Crippen molar-refractivity contribution in [3.8, 4) is 5.75 Å². The van der Waals surface area contributed by atoms with Crippen molar-refractivity contribution in [2.45, 2.75) is 32.9 Å². The lowest BCUT2D eigenvalue weighted by Gasteiger charge is -2.23. The molecule has 1 fully saturated rings. The van der Waals surface area contributed by atoms with Crippen molar-refractivity contribution in [1.82, 2.24) is 15.5 Å². The fourth-order valence-corrected chi connectivity index (χ4v) is 2.86. The molecule has 156 valence electrons. The Morgan fingerprint density at radius 3 is 2.70 bits per heavy atom. The molecule has 0 radical (unpaired) electrons. The number of rotatable bonds is 10. The summed E-state index contributed by atoms with van der Waals surface area (Å²) < 4.78 is 11.3. The van der Waals surface area contributed by atoms with Crippen molar-refractivity contribution in [2.75, 3.05) is 46.0 Å². The van der Waals surface area contributed by atoms with E-state index in [1.165, 1.54) is 0 Å². The van der Waals surface area contributed by atoms with Gasteiger partial charge in [-0.05, 0) is 19.2 Å². The second-order valence-corrected chi connectivity index (χ2v) is 6.19. The van der Waals surface area contributed by atoms with Crippen LogP contribution in [0.15, 0.2) is 24.3 Å². The summed E-state index contributed by atoms with van der Waals surface area (Å²) in [6.45, 7) is 10.5. The molecule has 0 aromatic heterocycles. The molecule has 1 atom stereocenters. The maximum absolute atomic E-state index is 12.1. The molecule has 1 amide bonds. The number of nitrogens with zero attached hydrogens (tertiary/aromatic N) is 1. The lowest BCUT2D eigenvalue weighted by molar-refractivity contribution is -0.122. The van der Waals surface area contributed by atoms with Crippen molar-refractivity contribution >= 4 is 30.7 Å². The molecule has 2 rings (SSSR count). The number of morpholine rings is 1. The van der Waals surface area contributed by atoms with E-state index in [9.17, 15) is 4.79 Å². The van der Waals surface area contributed by atoms with Gasteiger partial charge in [-0.1, -0.05) is 32.0 Å². The molecule has 8 heteroatoms. The van der Waals surface area contributed by atoms with Crippen LogP contribution in [-0.2, 0) is 16.1 Å². The van der Waals surface area contributed by atoms with E-state index in [0.29, 0.717) is 26.2 Å². The van der Waals surface area contributed by atoms with Crippen LogP contribution in [0, 0.1) is 0 Å². The summed E-state index contributed by atoms with van der Waals surface area (Å²) in [4.78, 5) is 14.4. The second-order valence-electron chi connectivity index (χ2n) is 6.19. The van der Waals surface area contributed by atoms with Gasteiger partial charge in [-0.15, -0.1) is 24.8 Å². The molecule has 1 aromatic carbocycles. The standard InChI is InChI=1S/C19H31N3O3.2ClH/c1-3-22(4-2)10-12-25-18-8-6-5-7-16(18)14-21-19(23)13-17-15-24-11-9-20-17;;/h5-8,17,20H,3-4,9-15H2,1-2H3,(H,21,23);2*1H. The number of amides is 1. The summed E-state index contributed by atoms with van der Waals surface area (Å²) in [5.41, 5.74) is 1.00. The van der Waals surface area contributed by atoms with Gasteiger partial charge in [-0.3, -0.25) is 4.79 Å². The highest BCUT2D eigenvalue weighted by Crippen LogP contribution is 2.17. The first kappa shape index (κ1) is 26.0. The van der Waals surface area contributed by atoms with Crippen molar-refractivity contribution in [3.63, 3.8) is 0 Å². The lowest BCUT2D eigenvalue weighted by atomic mass is 10.1. The van der Waals surface area contributed by atoms with Crippen LogP contribution in [0.3, 0.4) is 0 Å². The minimum Gasteiger partial charge on any atom is -0.492 e. The fraction of sp³-hybridized carbons (Fsp3) is 0.632. The number of halogens is 2. The molecule has 0 saturated carbocycles. The molecule has 0 aliphatic carbocycles. The molecule has 1 heterocycles. The summed E-state index contributed by atoms with van der Waals surface area (Å²) in [5, 5.41) is 6.28. The molecule has 2 N–H and O–H groups in total. The maximum atomic E-state index is 12.1. The van der Waals surface area contributed by atoms with E-state index in [1.54, 1.807) is 0 Å². The number of ether oxygens (including phenoxy) is 2. The van der Waals surface area contributed by atoms with Crippen molar-refractivity contribution in [3.05, 3.63) is 29.8 Å². The summed E-state index contributed by atoms with van der Waals surface area (Å²) >= 11 is 0. The Morgan fingerprint density at radius 2 is 2.04 bits per heavy atom. The summed E-state index contributed by atoms with van der Waals surface area (Å²) in [6, 6.07) is 7.99. The van der Waals surface area contributed by atoms with E-state index in [2.05, 4.69) is 29.4 Å². The number of para-hydroxylation sites is 1. The third-order valence-electron chi connectivity index (χ3n) is 4.44. The zero-order valence-electron chi connectivity index (χ0n) is 16.2. The van der Waals surface area contributed by atoms with E-state index in [4.69, 9.17) is 9.47 Å². The first-order valence-corrected chi connectivity index (χ1v) is 9.23. The molecule has 0 bridgehead atoms. The minimum atomic E-state index is 0. The monoisotopic (exact) mass is 421 g/mol. The molecule has 1 aromatic rings. The van der Waals surface area contributed by atoms with Crippen molar-refractivity contribution in [2.24, 2.45) is 0 Å². The Morgan fingerprint density at radius 1 is 1.30 bits per heavy atom. The van der Waals surface area contributed by atoms with Crippen LogP contribution in [-0.4, -0.2) is 62.8 Å². The first-order chi connectivity index (χ1) is 12.2. The molecule has 27 heavy (non-hydrogen) atoms. The smallest absolute Gasteiger partial charge is 0.221 e. The number of likely N-dealkylation sites (N-methyl/N-ethyl adjacent to an activating group) is 1. The highest BCUT2D eigenvalue weighted by atomic mass is 35.5. The van der Waals surface area contributed by atoms with Crippen LogP contribution in [0.25, 0.3) is 0 Å². The molecule has 1 saturated heterocycles. The van der Waals surface area contributed by atoms with E-state index in [0.717, 1.165) is 44.1 Å². The second kappa shape index (κ2) is 14.9. The highest BCUT2D eigenvalue weighted by molar-refractivity contribution is 5.85. The number of hydrogen-bond donors (Lipinski definition) is 2. The maximum Gasteiger partial charge on any atom is 0.221 e. The largest absolute Gasteiger partial charge is 0.492 e. The minimum absolute atomic E-state index is 0. The van der Waals surface area contributed by atoms with Gasteiger partial charge in [-0.2, -0.15) is 0 Å². The van der Waals surface area contributed by atoms with Gasteiger partial charge in [0.2, 0.25) is 5.91 Å². The third kappa shape index (κ3) is 9.63. The molecular weight excluding hydrogens is 389 g/mol. The average molecular weight is 422 g/mol. The lowest BCUT2D eigenvalue weighted by Crippen LogP contribution is -2.44. The van der Waals surface area contributed by atoms with Gasteiger partial charge in [0.25, 0.3) is 0 Å². The number of carbonyl (C=O) groups excluding carboxylic acids is 1. The molecule has 1 aliphatic rings. The van der Waals surface area contributed by atoms with Crippen LogP contribution >= 0.6 is 24.8 Å². The van der Waals surface area contributed by atoms with E-state index >= 15 is 0 Å². The SMILES string of the molecule is CCN(CC)CCOc1ccccc1CNC(=O)CC1COCCN1.Cl.Cl. The summed E-state index contributed by atoms with van der Waals surface area (Å²) in [7, 11) is 0. The Bertz CT molecular complexity index is 525. The van der Waals surface area contributed by atoms with Gasteiger partial charge in [0.15, 0.2) is 0 Å². The van der Waals surface area contributed by atoms with Crippen molar-refractivity contribution in [1.29, 1.82) is 0 Å². The topological polar surface area (TPSA) is 62.8 Å². The van der Waals surface area contributed by atoms with Crippen LogP contribution < -0.4 is 15.4 Å². The summed E-state index contributed by atoms with van der Waals surface area (Å²) in [5.74, 6) is 0.870. The quantitative estimate of drug-likeness (QED) is 0.606. The predicted octanol–water partition coefficient (Wildman–Crippen LogP) is 2.25. The predicted molar refractivity (Wildman–Crippen MR) is 113 cm³/mol. The molecular formula is C19H33Cl2N3O3. The number of hydrogen-bond acceptors (Lipinski definition) is 5. The Kier molecular flexibility index (Phi) is 14.4. The van der Waals surface area contributed by atoms with Crippen LogP contribution in [0.5, 0.6) is 5.75 Å². The highest BCUT2D eigenvalue weighted by Gasteiger charge is 2.16. The number of benzene rings is 1. The van der Waals surface area contributed by atoms with Gasteiger partial charge in [0.1, 0.15) is 12.4 Å². The Hall–Kier alpha value is -1.05. The number of carbonyl (C=O) groups is 1. The van der Waals surface area contributed by atoms with Crippen molar-refractivity contribution < 1.29 is 14.3 Å². The molecule has 1 unspecified atom stereocenters. The van der Waals surface area contributed by atoms with Gasteiger partial charge in [-0.25, -0.2) is 0 Å². The van der Waals surface area contributed by atoms with E-state index in [-0.39, 0.29) is 36.8 Å². The zero-order chi connectivity index (χ0) is 17.9. The average Bonchev–Trinajstić information content (AvgIpc) is 2.65. The van der Waals surface area contributed by atoms with Crippen LogP contribution in [0.2, 0.25) is 0 Å². The van der Waals surface area contributed by atoms with Gasteiger partial charge < -0.3 is 25.0 Å². The molecule has 6 nitrogen and oxygen atoms in total. The zero-order valence-corrected chi connectivity index (χ0v) is 17.9. The first-order valence-electron chi connectivity index (χ1n) is 9.23. The number of nitrogens with one attached hydrogen (secondary N) is 2.